The predicted molar refractivity (Wildman–Crippen MR) is 158 cm³/mol. The topological polar surface area (TPSA) is 88.8 Å². The van der Waals surface area contributed by atoms with Gasteiger partial charge < -0.3 is 19.1 Å². The molecule has 2 fully saturated rings. The summed E-state index contributed by atoms with van der Waals surface area (Å²) >= 11 is 6.65. The number of anilines is 1. The number of pyridine rings is 1. The first kappa shape index (κ1) is 26.8. The summed E-state index contributed by atoms with van der Waals surface area (Å²) in [5.74, 6) is 1.93. The lowest BCUT2D eigenvalue weighted by molar-refractivity contribution is -0.122. The number of carbonyl (C=O) groups is 1. The van der Waals surface area contributed by atoms with E-state index in [1.165, 1.54) is 16.7 Å². The monoisotopic (exact) mass is 579 g/mol. The Kier molecular flexibility index (Phi) is 7.49. The number of aromatic nitrogens is 2. The molecule has 0 N–H and O–H groups in total. The molecule has 5 heterocycles. The standard InChI is InChI=1S/C28H29N5O5S2/c1-18-4-3-7-32-24(18)29-25(20(26(32)34)15-23-27(35)33(12-13-36-2)28(39)40-23)31-10-8-30(9-11-31)16-19-5-6-21-22(14-19)38-17-37-21/h3-7,14-15H,8-13,16-17H2,1-2H3/b23-15-. The molecule has 3 aliphatic rings. The third-order valence-corrected chi connectivity index (χ3v) is 8.62. The molecule has 2 saturated heterocycles. The van der Waals surface area contributed by atoms with Gasteiger partial charge in [0.25, 0.3) is 11.5 Å². The summed E-state index contributed by atoms with van der Waals surface area (Å²) in [5.41, 5.74) is 2.84. The van der Waals surface area contributed by atoms with Gasteiger partial charge in [-0.15, -0.1) is 0 Å². The van der Waals surface area contributed by atoms with Gasteiger partial charge in [-0.05, 0) is 42.3 Å². The molecule has 1 amide bonds. The van der Waals surface area contributed by atoms with E-state index in [-0.39, 0.29) is 18.3 Å². The van der Waals surface area contributed by atoms with Crippen molar-refractivity contribution in [2.24, 2.45) is 0 Å². The Morgan fingerprint density at radius 2 is 1.93 bits per heavy atom. The molecule has 0 spiro atoms. The van der Waals surface area contributed by atoms with Crippen LogP contribution in [0.1, 0.15) is 16.7 Å². The van der Waals surface area contributed by atoms with Gasteiger partial charge in [0.05, 0.1) is 23.6 Å². The van der Waals surface area contributed by atoms with Gasteiger partial charge in [-0.2, -0.15) is 0 Å². The van der Waals surface area contributed by atoms with E-state index in [0.717, 1.165) is 42.3 Å². The summed E-state index contributed by atoms with van der Waals surface area (Å²) < 4.78 is 18.1. The number of amides is 1. The molecule has 10 nitrogen and oxygen atoms in total. The van der Waals surface area contributed by atoms with E-state index in [1.807, 2.05) is 31.2 Å². The van der Waals surface area contributed by atoms with Crippen molar-refractivity contribution < 1.29 is 19.0 Å². The normalized spacial score (nSPS) is 18.5. The number of fused-ring (bicyclic) bond motifs is 2. The second-order valence-electron chi connectivity index (χ2n) is 9.82. The van der Waals surface area contributed by atoms with Crippen LogP contribution in [0.4, 0.5) is 5.82 Å². The number of aryl methyl sites for hydroxylation is 1. The molecule has 3 aliphatic heterocycles. The lowest BCUT2D eigenvalue weighted by Crippen LogP contribution is -2.47. The highest BCUT2D eigenvalue weighted by Gasteiger charge is 2.33. The van der Waals surface area contributed by atoms with Crippen molar-refractivity contribution in [2.45, 2.75) is 13.5 Å². The van der Waals surface area contributed by atoms with Gasteiger partial charge in [-0.25, -0.2) is 4.98 Å². The molecule has 40 heavy (non-hydrogen) atoms. The maximum Gasteiger partial charge on any atom is 0.267 e. The quantitative estimate of drug-likeness (QED) is 0.308. The third kappa shape index (κ3) is 5.07. The minimum absolute atomic E-state index is 0.214. The minimum atomic E-state index is -0.222. The molecule has 2 aromatic heterocycles. The highest BCUT2D eigenvalue weighted by molar-refractivity contribution is 8.26. The van der Waals surface area contributed by atoms with Crippen molar-refractivity contribution in [3.8, 4) is 11.5 Å². The molecule has 0 aliphatic carbocycles. The molecular formula is C28H29N5O5S2. The number of benzene rings is 1. The van der Waals surface area contributed by atoms with Gasteiger partial charge in [0.15, 0.2) is 11.5 Å². The molecular weight excluding hydrogens is 550 g/mol. The number of thioether (sulfide) groups is 1. The van der Waals surface area contributed by atoms with Crippen LogP contribution in [0.3, 0.4) is 0 Å². The maximum absolute atomic E-state index is 13.8. The van der Waals surface area contributed by atoms with Crippen LogP contribution in [0.5, 0.6) is 11.5 Å². The van der Waals surface area contributed by atoms with E-state index in [9.17, 15) is 9.59 Å². The molecule has 0 bridgehead atoms. The summed E-state index contributed by atoms with van der Waals surface area (Å²) in [7, 11) is 1.58. The highest BCUT2D eigenvalue weighted by atomic mass is 32.2. The van der Waals surface area contributed by atoms with Gasteiger partial charge in [0.2, 0.25) is 6.79 Å². The number of thiocarbonyl (C=S) groups is 1. The highest BCUT2D eigenvalue weighted by Crippen LogP contribution is 2.34. The second kappa shape index (κ2) is 11.2. The van der Waals surface area contributed by atoms with Crippen LogP contribution >= 0.6 is 24.0 Å². The Hall–Kier alpha value is -3.45. The first-order chi connectivity index (χ1) is 19.4. The zero-order valence-corrected chi connectivity index (χ0v) is 23.9. The van der Waals surface area contributed by atoms with Crippen LogP contribution < -0.4 is 19.9 Å². The number of hydrogen-bond donors (Lipinski definition) is 0. The van der Waals surface area contributed by atoms with Gasteiger partial charge in [0.1, 0.15) is 15.8 Å². The van der Waals surface area contributed by atoms with E-state index in [1.54, 1.807) is 23.8 Å². The van der Waals surface area contributed by atoms with E-state index in [0.29, 0.717) is 52.5 Å². The third-order valence-electron chi connectivity index (χ3n) is 7.25. The van der Waals surface area contributed by atoms with Crippen LogP contribution in [-0.4, -0.2) is 82.6 Å². The summed E-state index contributed by atoms with van der Waals surface area (Å²) in [4.78, 5) is 38.4. The fourth-order valence-electron chi connectivity index (χ4n) is 5.09. The predicted octanol–water partition coefficient (Wildman–Crippen LogP) is 2.90. The molecule has 208 valence electrons. The number of carbonyl (C=O) groups excluding carboxylic acids is 1. The second-order valence-corrected chi connectivity index (χ2v) is 11.5. The summed E-state index contributed by atoms with van der Waals surface area (Å²) in [6.07, 6.45) is 3.37. The SMILES string of the molecule is COCCN1C(=O)/C(=C/c2c(N3CCN(Cc4ccc5c(c4)OCO5)CC3)nc3c(C)cccn3c2=O)SC1=S. The average Bonchev–Trinajstić information content (AvgIpc) is 3.53. The first-order valence-electron chi connectivity index (χ1n) is 13.0. The van der Waals surface area contributed by atoms with Crippen LogP contribution in [0.2, 0.25) is 0 Å². The summed E-state index contributed by atoms with van der Waals surface area (Å²) in [6, 6.07) is 9.82. The number of methoxy groups -OCH3 is 1. The fraction of sp³-hybridized carbons (Fsp3) is 0.357. The number of piperazine rings is 1. The van der Waals surface area contributed by atoms with Crippen molar-refractivity contribution in [2.75, 3.05) is 58.1 Å². The van der Waals surface area contributed by atoms with Crippen molar-refractivity contribution >= 4 is 51.7 Å². The lowest BCUT2D eigenvalue weighted by Gasteiger charge is -2.36. The molecule has 0 unspecified atom stereocenters. The molecule has 1 aromatic carbocycles. The van der Waals surface area contributed by atoms with E-state index < -0.39 is 0 Å². The number of ether oxygens (including phenoxy) is 3. The van der Waals surface area contributed by atoms with Gasteiger partial charge >= 0.3 is 0 Å². The molecule has 6 rings (SSSR count). The van der Waals surface area contributed by atoms with Crippen LogP contribution in [0.25, 0.3) is 11.7 Å². The number of hydrogen-bond acceptors (Lipinski definition) is 10. The Labute approximate surface area is 241 Å². The fourth-order valence-corrected chi connectivity index (χ4v) is 6.38. The van der Waals surface area contributed by atoms with E-state index in [4.69, 9.17) is 31.4 Å². The zero-order valence-electron chi connectivity index (χ0n) is 22.3. The Balaban J connectivity index is 1.28. The summed E-state index contributed by atoms with van der Waals surface area (Å²) in [5, 5.41) is 0. The van der Waals surface area contributed by atoms with E-state index in [2.05, 4.69) is 15.9 Å². The minimum Gasteiger partial charge on any atom is -0.454 e. The number of nitrogens with zero attached hydrogens (tertiary/aromatic N) is 5. The first-order valence-corrected chi connectivity index (χ1v) is 14.3. The van der Waals surface area contributed by atoms with Crippen molar-refractivity contribution in [1.29, 1.82) is 0 Å². The molecule has 0 saturated carbocycles. The lowest BCUT2D eigenvalue weighted by atomic mass is 10.1. The zero-order chi connectivity index (χ0) is 27.8. The van der Waals surface area contributed by atoms with Crippen molar-refractivity contribution in [1.82, 2.24) is 19.2 Å². The molecule has 12 heteroatoms. The molecule has 0 radical (unpaired) electrons. The van der Waals surface area contributed by atoms with Crippen molar-refractivity contribution in [3.63, 3.8) is 0 Å². The smallest absolute Gasteiger partial charge is 0.267 e. The van der Waals surface area contributed by atoms with E-state index >= 15 is 0 Å². The van der Waals surface area contributed by atoms with Crippen LogP contribution in [-0.2, 0) is 16.1 Å². The Bertz CT molecular complexity index is 1580. The average molecular weight is 580 g/mol. The molecule has 3 aromatic rings. The van der Waals surface area contributed by atoms with Gasteiger partial charge in [0, 0.05) is 46.0 Å². The van der Waals surface area contributed by atoms with Gasteiger partial charge in [-0.3, -0.25) is 23.8 Å². The maximum atomic E-state index is 13.8. The number of rotatable bonds is 7. The Morgan fingerprint density at radius 1 is 1.12 bits per heavy atom. The summed E-state index contributed by atoms with van der Waals surface area (Å²) in [6.45, 7) is 6.69. The molecule has 0 atom stereocenters. The van der Waals surface area contributed by atoms with Crippen LogP contribution in [0.15, 0.2) is 46.2 Å². The van der Waals surface area contributed by atoms with Crippen molar-refractivity contribution in [3.05, 3.63) is 68.5 Å². The Morgan fingerprint density at radius 3 is 2.73 bits per heavy atom. The van der Waals surface area contributed by atoms with Gasteiger partial charge in [-0.1, -0.05) is 36.1 Å². The largest absolute Gasteiger partial charge is 0.454 e. The van der Waals surface area contributed by atoms with Crippen LogP contribution in [0, 0.1) is 6.92 Å².